The Morgan fingerprint density at radius 2 is 1.95 bits per heavy atom. The van der Waals surface area contributed by atoms with Crippen molar-refractivity contribution >= 4 is 5.91 Å². The van der Waals surface area contributed by atoms with Gasteiger partial charge in [-0.05, 0) is 57.6 Å². The molecule has 1 saturated heterocycles. The van der Waals surface area contributed by atoms with Gasteiger partial charge in [-0.1, -0.05) is 0 Å². The first-order valence-corrected chi connectivity index (χ1v) is 6.74. The summed E-state index contributed by atoms with van der Waals surface area (Å²) in [6, 6.07) is 5.62. The molecule has 0 aliphatic carbocycles. The Bertz CT molecular complexity index is 463. The third kappa shape index (κ3) is 3.07. The number of carbonyl (C=O) groups excluding carboxylic acids is 1. The summed E-state index contributed by atoms with van der Waals surface area (Å²) in [6.07, 6.45) is 2.05. The van der Waals surface area contributed by atoms with E-state index in [4.69, 9.17) is 0 Å². The summed E-state index contributed by atoms with van der Waals surface area (Å²) in [4.78, 5) is 16.5. The van der Waals surface area contributed by atoms with Crippen molar-refractivity contribution in [3.05, 3.63) is 29.3 Å². The molecule has 4 heteroatoms. The molecule has 4 nitrogen and oxygen atoms in total. The number of phenols is 1. The summed E-state index contributed by atoms with van der Waals surface area (Å²) in [5.41, 5.74) is 1.41. The van der Waals surface area contributed by atoms with Crippen molar-refractivity contribution in [2.24, 2.45) is 0 Å². The predicted molar refractivity (Wildman–Crippen MR) is 75.5 cm³/mol. The predicted octanol–water partition coefficient (Wildman–Crippen LogP) is 1.87. The van der Waals surface area contributed by atoms with Crippen LogP contribution in [0.15, 0.2) is 18.2 Å². The smallest absolute Gasteiger partial charge is 0.253 e. The summed E-state index contributed by atoms with van der Waals surface area (Å²) in [5, 5.41) is 9.50. The molecule has 0 spiro atoms. The second kappa shape index (κ2) is 5.61. The molecule has 1 amide bonds. The summed E-state index contributed by atoms with van der Waals surface area (Å²) in [6.45, 7) is 3.42. The van der Waals surface area contributed by atoms with Crippen LogP contribution in [0.3, 0.4) is 0 Å². The molecular formula is C15H22N2O2. The highest BCUT2D eigenvalue weighted by molar-refractivity contribution is 5.94. The fraction of sp³-hybridized carbons (Fsp3) is 0.533. The molecule has 1 aromatic carbocycles. The molecule has 1 aromatic rings. The second-order valence-electron chi connectivity index (χ2n) is 5.49. The molecule has 1 aliphatic rings. The van der Waals surface area contributed by atoms with Crippen molar-refractivity contribution in [1.82, 2.24) is 9.80 Å². The normalized spacial score (nSPS) is 16.9. The average molecular weight is 262 g/mol. The topological polar surface area (TPSA) is 43.8 Å². The van der Waals surface area contributed by atoms with Crippen LogP contribution in [0.2, 0.25) is 0 Å². The Hall–Kier alpha value is -1.55. The molecule has 0 atom stereocenters. The Morgan fingerprint density at radius 1 is 1.32 bits per heavy atom. The van der Waals surface area contributed by atoms with Crippen LogP contribution in [-0.2, 0) is 0 Å². The standard InChI is InChI=1S/C15H22N2O2/c1-11-10-12(4-5-14(11)18)15(19)17-8-6-13(7-9-17)16(2)3/h4-5,10,13,18H,6-9H2,1-3H3. The van der Waals surface area contributed by atoms with Gasteiger partial charge in [-0.15, -0.1) is 0 Å². The van der Waals surface area contributed by atoms with Gasteiger partial charge in [0.2, 0.25) is 0 Å². The molecule has 0 bridgehead atoms. The molecule has 0 radical (unpaired) electrons. The molecule has 1 fully saturated rings. The fourth-order valence-electron chi connectivity index (χ4n) is 2.56. The van der Waals surface area contributed by atoms with Crippen molar-refractivity contribution < 1.29 is 9.90 Å². The quantitative estimate of drug-likeness (QED) is 0.885. The van der Waals surface area contributed by atoms with Gasteiger partial charge in [-0.3, -0.25) is 4.79 Å². The van der Waals surface area contributed by atoms with E-state index in [1.54, 1.807) is 18.2 Å². The Balaban J connectivity index is 2.03. The number of aromatic hydroxyl groups is 1. The highest BCUT2D eigenvalue weighted by atomic mass is 16.3. The van der Waals surface area contributed by atoms with Crippen molar-refractivity contribution in [2.75, 3.05) is 27.2 Å². The molecule has 19 heavy (non-hydrogen) atoms. The molecule has 1 heterocycles. The first-order valence-electron chi connectivity index (χ1n) is 6.74. The van der Waals surface area contributed by atoms with E-state index < -0.39 is 0 Å². The minimum absolute atomic E-state index is 0.0697. The lowest BCUT2D eigenvalue weighted by atomic mass is 10.0. The zero-order valence-corrected chi connectivity index (χ0v) is 11.9. The maximum Gasteiger partial charge on any atom is 0.253 e. The van der Waals surface area contributed by atoms with Crippen molar-refractivity contribution in [3.8, 4) is 5.75 Å². The minimum Gasteiger partial charge on any atom is -0.508 e. The lowest BCUT2D eigenvalue weighted by Gasteiger charge is -2.35. The van der Waals surface area contributed by atoms with E-state index in [1.807, 2.05) is 11.8 Å². The number of carbonyl (C=O) groups is 1. The zero-order chi connectivity index (χ0) is 14.0. The van der Waals surface area contributed by atoms with Crippen LogP contribution in [0.1, 0.15) is 28.8 Å². The lowest BCUT2D eigenvalue weighted by molar-refractivity contribution is 0.0663. The van der Waals surface area contributed by atoms with Crippen LogP contribution < -0.4 is 0 Å². The maximum absolute atomic E-state index is 12.4. The number of phenolic OH excluding ortho intramolecular Hbond substituents is 1. The number of amides is 1. The van der Waals surface area contributed by atoms with E-state index in [9.17, 15) is 9.90 Å². The minimum atomic E-state index is 0.0697. The van der Waals surface area contributed by atoms with Gasteiger partial charge in [0.25, 0.3) is 5.91 Å². The van der Waals surface area contributed by atoms with Gasteiger partial charge >= 0.3 is 0 Å². The SMILES string of the molecule is Cc1cc(C(=O)N2CCC(N(C)C)CC2)ccc1O. The summed E-state index contributed by atoms with van der Waals surface area (Å²) in [7, 11) is 4.18. The van der Waals surface area contributed by atoms with Crippen LogP contribution in [0.5, 0.6) is 5.75 Å². The van der Waals surface area contributed by atoms with E-state index in [-0.39, 0.29) is 11.7 Å². The number of hydrogen-bond acceptors (Lipinski definition) is 3. The van der Waals surface area contributed by atoms with Crippen LogP contribution in [0.4, 0.5) is 0 Å². The zero-order valence-electron chi connectivity index (χ0n) is 11.9. The largest absolute Gasteiger partial charge is 0.508 e. The fourth-order valence-corrected chi connectivity index (χ4v) is 2.56. The highest BCUT2D eigenvalue weighted by Gasteiger charge is 2.24. The molecular weight excluding hydrogens is 240 g/mol. The first-order chi connectivity index (χ1) is 8.99. The summed E-state index contributed by atoms with van der Waals surface area (Å²) in [5.74, 6) is 0.308. The number of rotatable bonds is 2. The molecule has 0 aromatic heterocycles. The van der Waals surface area contributed by atoms with Crippen molar-refractivity contribution in [3.63, 3.8) is 0 Å². The number of benzene rings is 1. The highest BCUT2D eigenvalue weighted by Crippen LogP contribution is 2.20. The van der Waals surface area contributed by atoms with Crippen molar-refractivity contribution in [2.45, 2.75) is 25.8 Å². The number of nitrogens with zero attached hydrogens (tertiary/aromatic N) is 2. The average Bonchev–Trinajstić information content (AvgIpc) is 2.41. The van der Waals surface area contributed by atoms with E-state index in [2.05, 4.69) is 19.0 Å². The van der Waals surface area contributed by atoms with Crippen LogP contribution >= 0.6 is 0 Å². The second-order valence-corrected chi connectivity index (χ2v) is 5.49. The Morgan fingerprint density at radius 3 is 2.47 bits per heavy atom. The number of aryl methyl sites for hydroxylation is 1. The molecule has 1 N–H and O–H groups in total. The van der Waals surface area contributed by atoms with Crippen LogP contribution in [0.25, 0.3) is 0 Å². The maximum atomic E-state index is 12.4. The summed E-state index contributed by atoms with van der Waals surface area (Å²) < 4.78 is 0. The lowest BCUT2D eigenvalue weighted by Crippen LogP contribution is -2.44. The third-order valence-corrected chi connectivity index (χ3v) is 3.93. The number of piperidine rings is 1. The first kappa shape index (κ1) is 13.9. The third-order valence-electron chi connectivity index (χ3n) is 3.93. The Kier molecular flexibility index (Phi) is 4.10. The van der Waals surface area contributed by atoms with Gasteiger partial charge < -0.3 is 14.9 Å². The Labute approximate surface area is 114 Å². The molecule has 2 rings (SSSR count). The molecule has 0 saturated carbocycles. The van der Waals surface area contributed by atoms with Gasteiger partial charge in [0, 0.05) is 24.7 Å². The van der Waals surface area contributed by atoms with Gasteiger partial charge in [0.05, 0.1) is 0 Å². The molecule has 104 valence electrons. The number of likely N-dealkylation sites (tertiary alicyclic amines) is 1. The molecule has 0 unspecified atom stereocenters. The number of hydrogen-bond donors (Lipinski definition) is 1. The van der Waals surface area contributed by atoms with E-state index in [0.29, 0.717) is 11.6 Å². The van der Waals surface area contributed by atoms with Crippen molar-refractivity contribution in [1.29, 1.82) is 0 Å². The van der Waals surface area contributed by atoms with Crippen LogP contribution in [0, 0.1) is 6.92 Å². The summed E-state index contributed by atoms with van der Waals surface area (Å²) >= 11 is 0. The van der Waals surface area contributed by atoms with E-state index in [1.165, 1.54) is 0 Å². The molecule has 1 aliphatic heterocycles. The van der Waals surface area contributed by atoms with Crippen LogP contribution in [-0.4, -0.2) is 54.0 Å². The van der Waals surface area contributed by atoms with E-state index in [0.717, 1.165) is 31.5 Å². The van der Waals surface area contributed by atoms with E-state index >= 15 is 0 Å². The van der Waals surface area contributed by atoms with Gasteiger partial charge in [-0.25, -0.2) is 0 Å². The van der Waals surface area contributed by atoms with Gasteiger partial charge in [0.1, 0.15) is 5.75 Å². The van der Waals surface area contributed by atoms with Gasteiger partial charge in [0.15, 0.2) is 0 Å². The monoisotopic (exact) mass is 262 g/mol. The van der Waals surface area contributed by atoms with Gasteiger partial charge in [-0.2, -0.15) is 0 Å².